The summed E-state index contributed by atoms with van der Waals surface area (Å²) in [7, 11) is 0. The van der Waals surface area contributed by atoms with Gasteiger partial charge in [-0.2, -0.15) is 11.8 Å². The zero-order valence-electron chi connectivity index (χ0n) is 8.51. The molecule has 1 aromatic rings. The number of carbonyl (C=O) groups is 1. The fourth-order valence-electron chi connectivity index (χ4n) is 1.07. The van der Waals surface area contributed by atoms with E-state index >= 15 is 0 Å². The molecule has 2 unspecified atom stereocenters. The average Bonchev–Trinajstić information content (AvgIpc) is 2.72. The molecule has 0 spiro atoms. The molecule has 2 atom stereocenters. The first-order chi connectivity index (χ1) is 7.19. The summed E-state index contributed by atoms with van der Waals surface area (Å²) in [6.07, 6.45) is 3.33. The quantitative estimate of drug-likeness (QED) is 0.787. The van der Waals surface area contributed by atoms with Gasteiger partial charge in [0.15, 0.2) is 0 Å². The van der Waals surface area contributed by atoms with Gasteiger partial charge in [-0.1, -0.05) is 4.49 Å². The number of aliphatic hydroxyl groups is 1. The summed E-state index contributed by atoms with van der Waals surface area (Å²) in [5.41, 5.74) is 0. The van der Waals surface area contributed by atoms with E-state index in [0.29, 0.717) is 4.88 Å². The first-order valence-electron chi connectivity index (χ1n) is 4.41. The van der Waals surface area contributed by atoms with Crippen LogP contribution in [-0.4, -0.2) is 44.8 Å². The molecule has 0 saturated heterocycles. The van der Waals surface area contributed by atoms with Crippen molar-refractivity contribution in [2.24, 2.45) is 0 Å². The summed E-state index contributed by atoms with van der Waals surface area (Å²) < 4.78 is 3.61. The van der Waals surface area contributed by atoms with E-state index < -0.39 is 0 Å². The van der Waals surface area contributed by atoms with Crippen LogP contribution in [0.1, 0.15) is 16.6 Å². The molecule has 1 rings (SSSR count). The third-order valence-corrected chi connectivity index (χ3v) is 3.81. The largest absolute Gasteiger partial charge is 0.395 e. The number of carbonyl (C=O) groups excluding carboxylic acids is 1. The maximum absolute atomic E-state index is 11.6. The van der Waals surface area contributed by atoms with Crippen LogP contribution in [0.25, 0.3) is 0 Å². The van der Waals surface area contributed by atoms with Gasteiger partial charge in [-0.05, 0) is 24.7 Å². The number of nitrogens with zero attached hydrogens (tertiary/aromatic N) is 2. The van der Waals surface area contributed by atoms with Crippen LogP contribution in [0.15, 0.2) is 6.20 Å². The van der Waals surface area contributed by atoms with Gasteiger partial charge in [0.05, 0.1) is 12.8 Å². The minimum Gasteiger partial charge on any atom is -0.395 e. The molecule has 7 heteroatoms. The molecule has 0 aromatic carbocycles. The highest BCUT2D eigenvalue weighted by Crippen LogP contribution is 2.11. The summed E-state index contributed by atoms with van der Waals surface area (Å²) >= 11 is 2.58. The molecule has 84 valence electrons. The fourth-order valence-corrected chi connectivity index (χ4v) is 2.12. The summed E-state index contributed by atoms with van der Waals surface area (Å²) in [5, 5.41) is 15.4. The highest BCUT2D eigenvalue weighted by molar-refractivity contribution is 7.99. The number of aliphatic hydroxyl groups excluding tert-OH is 1. The molecular formula is C8H13N3O2S2. The van der Waals surface area contributed by atoms with Gasteiger partial charge >= 0.3 is 0 Å². The van der Waals surface area contributed by atoms with Crippen molar-refractivity contribution in [1.82, 2.24) is 14.9 Å². The number of aromatic nitrogens is 2. The van der Waals surface area contributed by atoms with Crippen LogP contribution in [-0.2, 0) is 0 Å². The minimum atomic E-state index is -0.190. The van der Waals surface area contributed by atoms with Gasteiger partial charge in [-0.3, -0.25) is 4.79 Å². The van der Waals surface area contributed by atoms with E-state index in [1.807, 2.05) is 13.2 Å². The SMILES string of the molecule is CSC(CO)C(C)NC(=O)c1cnns1. The Kier molecular flexibility index (Phi) is 5.00. The first kappa shape index (κ1) is 12.4. The molecule has 1 aromatic heterocycles. The predicted octanol–water partition coefficient (Wildman–Crippen LogP) is 0.380. The van der Waals surface area contributed by atoms with Crippen molar-refractivity contribution in [1.29, 1.82) is 0 Å². The van der Waals surface area contributed by atoms with Crippen LogP contribution in [0.4, 0.5) is 0 Å². The first-order valence-corrected chi connectivity index (χ1v) is 6.47. The van der Waals surface area contributed by atoms with Gasteiger partial charge in [0.1, 0.15) is 4.88 Å². The normalized spacial score (nSPS) is 14.6. The summed E-state index contributed by atoms with van der Waals surface area (Å²) in [6.45, 7) is 1.91. The van der Waals surface area contributed by atoms with Gasteiger partial charge in [0.2, 0.25) is 0 Å². The van der Waals surface area contributed by atoms with Crippen LogP contribution < -0.4 is 5.32 Å². The molecule has 15 heavy (non-hydrogen) atoms. The monoisotopic (exact) mass is 247 g/mol. The standard InChI is InChI=1S/C8H13N3O2S2/c1-5(7(4-12)14-2)10-8(13)6-3-9-11-15-6/h3,5,7,12H,4H2,1-2H3,(H,10,13). The summed E-state index contributed by atoms with van der Waals surface area (Å²) in [6, 6.07) is -0.0837. The van der Waals surface area contributed by atoms with Crippen molar-refractivity contribution in [3.63, 3.8) is 0 Å². The molecule has 1 heterocycles. The minimum absolute atomic E-state index is 0.00910. The molecule has 0 fully saturated rings. The maximum atomic E-state index is 11.6. The number of hydrogen-bond donors (Lipinski definition) is 2. The van der Waals surface area contributed by atoms with Gasteiger partial charge < -0.3 is 10.4 Å². The Morgan fingerprint density at radius 2 is 2.53 bits per heavy atom. The van der Waals surface area contributed by atoms with Crippen LogP contribution in [0, 0.1) is 0 Å². The Labute approximate surface area is 96.4 Å². The number of amides is 1. The molecule has 2 N–H and O–H groups in total. The lowest BCUT2D eigenvalue weighted by atomic mass is 10.2. The Morgan fingerprint density at radius 1 is 1.80 bits per heavy atom. The zero-order chi connectivity index (χ0) is 11.3. The van der Waals surface area contributed by atoms with Crippen LogP contribution >= 0.6 is 23.3 Å². The van der Waals surface area contributed by atoms with Crippen molar-refractivity contribution < 1.29 is 9.90 Å². The van der Waals surface area contributed by atoms with E-state index in [2.05, 4.69) is 14.9 Å². The van der Waals surface area contributed by atoms with E-state index in [4.69, 9.17) is 5.11 Å². The maximum Gasteiger partial charge on any atom is 0.264 e. The van der Waals surface area contributed by atoms with Crippen molar-refractivity contribution in [2.45, 2.75) is 18.2 Å². The van der Waals surface area contributed by atoms with Crippen LogP contribution in [0.5, 0.6) is 0 Å². The molecule has 0 bridgehead atoms. The van der Waals surface area contributed by atoms with E-state index in [1.54, 1.807) is 0 Å². The highest BCUT2D eigenvalue weighted by Gasteiger charge is 2.18. The Hall–Kier alpha value is -0.660. The molecule has 5 nitrogen and oxygen atoms in total. The second-order valence-corrected chi connectivity index (χ2v) is 4.86. The number of nitrogens with one attached hydrogen (secondary N) is 1. The Morgan fingerprint density at radius 3 is 3.00 bits per heavy atom. The molecule has 1 amide bonds. The van der Waals surface area contributed by atoms with Gasteiger partial charge in [-0.15, -0.1) is 5.10 Å². The molecule has 0 saturated carbocycles. The van der Waals surface area contributed by atoms with Crippen LogP contribution in [0.2, 0.25) is 0 Å². The predicted molar refractivity (Wildman–Crippen MR) is 61.2 cm³/mol. The van der Waals surface area contributed by atoms with E-state index in [-0.39, 0.29) is 23.8 Å². The number of rotatable bonds is 5. The average molecular weight is 247 g/mol. The van der Waals surface area contributed by atoms with Gasteiger partial charge in [0.25, 0.3) is 5.91 Å². The highest BCUT2D eigenvalue weighted by atomic mass is 32.2. The number of thioether (sulfide) groups is 1. The molecule has 0 aliphatic carbocycles. The van der Waals surface area contributed by atoms with Gasteiger partial charge in [0, 0.05) is 11.3 Å². The molecule has 0 radical (unpaired) electrons. The zero-order valence-corrected chi connectivity index (χ0v) is 10.1. The van der Waals surface area contributed by atoms with E-state index in [0.717, 1.165) is 11.5 Å². The second-order valence-electron chi connectivity index (χ2n) is 3.00. The summed E-state index contributed by atoms with van der Waals surface area (Å²) in [4.78, 5) is 12.1. The van der Waals surface area contributed by atoms with Gasteiger partial charge in [-0.25, -0.2) is 0 Å². The lowest BCUT2D eigenvalue weighted by Gasteiger charge is -2.20. The Balaban J connectivity index is 2.51. The lowest BCUT2D eigenvalue weighted by molar-refractivity contribution is 0.0940. The molecular weight excluding hydrogens is 234 g/mol. The second kappa shape index (κ2) is 6.04. The fraction of sp³-hybridized carbons (Fsp3) is 0.625. The van der Waals surface area contributed by atoms with E-state index in [1.165, 1.54) is 18.0 Å². The Bertz CT molecular complexity index is 301. The smallest absolute Gasteiger partial charge is 0.264 e. The van der Waals surface area contributed by atoms with Crippen molar-refractivity contribution in [3.05, 3.63) is 11.1 Å². The van der Waals surface area contributed by atoms with Crippen LogP contribution in [0.3, 0.4) is 0 Å². The molecule has 0 aliphatic rings. The third-order valence-electron chi connectivity index (χ3n) is 1.98. The van der Waals surface area contributed by atoms with Crippen molar-refractivity contribution >= 4 is 29.2 Å². The summed E-state index contributed by atoms with van der Waals surface area (Å²) in [5.74, 6) is -0.190. The molecule has 0 aliphatic heterocycles. The third kappa shape index (κ3) is 3.44. The lowest BCUT2D eigenvalue weighted by Crippen LogP contribution is -2.40. The topological polar surface area (TPSA) is 75.1 Å². The van der Waals surface area contributed by atoms with Crippen molar-refractivity contribution in [2.75, 3.05) is 12.9 Å². The number of hydrogen-bond acceptors (Lipinski definition) is 6. The van der Waals surface area contributed by atoms with Crippen molar-refractivity contribution in [3.8, 4) is 0 Å². The van der Waals surface area contributed by atoms with E-state index in [9.17, 15) is 4.79 Å².